The maximum atomic E-state index is 12.7. The summed E-state index contributed by atoms with van der Waals surface area (Å²) in [6.45, 7) is -0.152. The molecule has 2 heterocycles. The summed E-state index contributed by atoms with van der Waals surface area (Å²) in [4.78, 5) is 34.2. The van der Waals surface area contributed by atoms with E-state index in [1.165, 1.54) is 29.0 Å². The number of anilines is 1. The van der Waals surface area contributed by atoms with E-state index in [4.69, 9.17) is 9.84 Å². The summed E-state index contributed by atoms with van der Waals surface area (Å²) >= 11 is 0. The number of carbonyl (C=O) groups is 2. The van der Waals surface area contributed by atoms with E-state index in [1.54, 1.807) is 0 Å². The zero-order chi connectivity index (χ0) is 21.2. The van der Waals surface area contributed by atoms with Crippen molar-refractivity contribution < 1.29 is 37.3 Å². The van der Waals surface area contributed by atoms with Crippen LogP contribution in [-0.4, -0.2) is 64.9 Å². The summed E-state index contributed by atoms with van der Waals surface area (Å²) in [5.74, 6) is -1.38. The third-order valence-electron chi connectivity index (χ3n) is 4.02. The van der Waals surface area contributed by atoms with E-state index in [-0.39, 0.29) is 43.0 Å². The Kier molecular flexibility index (Phi) is 5.64. The molecule has 0 unspecified atom stereocenters. The number of amides is 2. The highest BCUT2D eigenvalue weighted by Crippen LogP contribution is 2.30. The van der Waals surface area contributed by atoms with Gasteiger partial charge in [-0.15, -0.1) is 13.2 Å². The normalized spacial score (nSPS) is 14.7. The molecule has 0 aliphatic carbocycles. The Labute approximate surface area is 162 Å². The molecule has 29 heavy (non-hydrogen) atoms. The molecule has 2 amide bonds. The Hall–Kier alpha value is -3.28. The van der Waals surface area contributed by atoms with Crippen LogP contribution in [0.2, 0.25) is 0 Å². The molecule has 1 aromatic heterocycles. The minimum atomic E-state index is -4.85. The monoisotopic (exact) mass is 414 g/mol. The summed E-state index contributed by atoms with van der Waals surface area (Å²) in [6, 6.07) is 4.59. The predicted molar refractivity (Wildman–Crippen MR) is 92.8 cm³/mol. The van der Waals surface area contributed by atoms with Crippen molar-refractivity contribution in [3.8, 4) is 17.5 Å². The van der Waals surface area contributed by atoms with Crippen LogP contribution in [0.3, 0.4) is 0 Å². The fourth-order valence-electron chi connectivity index (χ4n) is 2.69. The Bertz CT molecular complexity index is 915. The fraction of sp³-hybridized carbons (Fsp3) is 0.353. The van der Waals surface area contributed by atoms with Crippen molar-refractivity contribution in [3.63, 3.8) is 0 Å². The molecular formula is C17H17F3N4O5. The van der Waals surface area contributed by atoms with Gasteiger partial charge in [0.15, 0.2) is 11.5 Å². The number of benzene rings is 1. The van der Waals surface area contributed by atoms with Crippen molar-refractivity contribution in [2.75, 3.05) is 31.6 Å². The average molecular weight is 414 g/mol. The molecule has 2 aromatic rings. The van der Waals surface area contributed by atoms with Crippen LogP contribution >= 0.6 is 0 Å². The van der Waals surface area contributed by atoms with Crippen molar-refractivity contribution in [2.24, 2.45) is 0 Å². The van der Waals surface area contributed by atoms with Crippen LogP contribution in [0.4, 0.5) is 19.0 Å². The number of imidazole rings is 1. The number of aromatic nitrogens is 2. The molecule has 2 N–H and O–H groups in total. The number of H-pyrrole nitrogens is 1. The van der Waals surface area contributed by atoms with Gasteiger partial charge in [-0.3, -0.25) is 14.5 Å². The highest BCUT2D eigenvalue weighted by atomic mass is 19.4. The van der Waals surface area contributed by atoms with Crippen molar-refractivity contribution >= 4 is 17.6 Å². The molecule has 3 rings (SSSR count). The van der Waals surface area contributed by atoms with Gasteiger partial charge in [0.05, 0.1) is 0 Å². The van der Waals surface area contributed by atoms with Gasteiger partial charge in [0, 0.05) is 26.3 Å². The summed E-state index contributed by atoms with van der Waals surface area (Å²) in [5, 5.41) is 8.97. The van der Waals surface area contributed by atoms with Gasteiger partial charge in [-0.1, -0.05) is 6.07 Å². The second-order valence-electron chi connectivity index (χ2n) is 6.12. The SMILES string of the molecule is CN1C(=O)CN(CCCO)C(=O)c2[nH]c(Oc3cccc(OC(F)(F)F)c3)nc21. The number of fused-ring (bicyclic) bond motifs is 1. The third-order valence-corrected chi connectivity index (χ3v) is 4.02. The standard InChI is InChI=1S/C17H17F3N4O5/c1-23-12(26)9-24(6-3-7-25)15(27)13-14(23)22-16(21-13)28-10-4-2-5-11(8-10)29-17(18,19)20/h2,4-5,8,25H,3,6-7,9H2,1H3,(H,21,22). The van der Waals surface area contributed by atoms with E-state index in [2.05, 4.69) is 14.7 Å². The molecule has 0 atom stereocenters. The summed E-state index contributed by atoms with van der Waals surface area (Å²) < 4.78 is 46.3. The molecule has 0 bridgehead atoms. The largest absolute Gasteiger partial charge is 0.573 e. The van der Waals surface area contributed by atoms with Gasteiger partial charge in [0.25, 0.3) is 5.91 Å². The second-order valence-corrected chi connectivity index (χ2v) is 6.12. The first-order chi connectivity index (χ1) is 13.7. The number of aliphatic hydroxyl groups is 1. The van der Waals surface area contributed by atoms with Crippen LogP contribution in [-0.2, 0) is 4.79 Å². The first kappa shape index (κ1) is 20.5. The summed E-state index contributed by atoms with van der Waals surface area (Å²) in [5.41, 5.74) is -0.00557. The number of likely N-dealkylation sites (N-methyl/N-ethyl adjacent to an activating group) is 1. The zero-order valence-corrected chi connectivity index (χ0v) is 15.2. The molecule has 156 valence electrons. The van der Waals surface area contributed by atoms with Crippen LogP contribution in [0.15, 0.2) is 24.3 Å². The third kappa shape index (κ3) is 4.77. The molecule has 0 radical (unpaired) electrons. The van der Waals surface area contributed by atoms with Crippen LogP contribution in [0.25, 0.3) is 0 Å². The number of halogens is 3. The Morgan fingerprint density at radius 2 is 2.00 bits per heavy atom. The van der Waals surface area contributed by atoms with Gasteiger partial charge >= 0.3 is 12.4 Å². The first-order valence-corrected chi connectivity index (χ1v) is 8.48. The minimum Gasteiger partial charge on any atom is -0.425 e. The molecule has 0 fully saturated rings. The van der Waals surface area contributed by atoms with E-state index in [9.17, 15) is 22.8 Å². The lowest BCUT2D eigenvalue weighted by molar-refractivity contribution is -0.274. The molecule has 12 heteroatoms. The van der Waals surface area contributed by atoms with E-state index in [0.717, 1.165) is 12.1 Å². The Balaban J connectivity index is 1.85. The second kappa shape index (κ2) is 7.99. The number of carbonyl (C=O) groups excluding carboxylic acids is 2. The Morgan fingerprint density at radius 3 is 2.69 bits per heavy atom. The maximum absolute atomic E-state index is 12.7. The number of alkyl halides is 3. The number of rotatable bonds is 6. The minimum absolute atomic E-state index is 0.00557. The van der Waals surface area contributed by atoms with Crippen molar-refractivity contribution in [1.82, 2.24) is 14.9 Å². The van der Waals surface area contributed by atoms with Gasteiger partial charge in [-0.05, 0) is 18.6 Å². The lowest BCUT2D eigenvalue weighted by Crippen LogP contribution is -2.38. The highest BCUT2D eigenvalue weighted by molar-refractivity contribution is 6.07. The average Bonchev–Trinajstić information content (AvgIpc) is 3.03. The van der Waals surface area contributed by atoms with E-state index < -0.39 is 23.9 Å². The number of ether oxygens (including phenoxy) is 2. The lowest BCUT2D eigenvalue weighted by atomic mass is 10.3. The van der Waals surface area contributed by atoms with Gasteiger partial charge in [-0.25, -0.2) is 0 Å². The van der Waals surface area contributed by atoms with Gasteiger partial charge in [0.2, 0.25) is 5.91 Å². The van der Waals surface area contributed by atoms with Crippen molar-refractivity contribution in [1.29, 1.82) is 0 Å². The van der Waals surface area contributed by atoms with E-state index in [1.807, 2.05) is 0 Å². The quantitative estimate of drug-likeness (QED) is 0.748. The number of nitrogens with zero attached hydrogens (tertiary/aromatic N) is 3. The molecule has 0 saturated carbocycles. The van der Waals surface area contributed by atoms with Crippen molar-refractivity contribution in [3.05, 3.63) is 30.0 Å². The molecule has 0 saturated heterocycles. The van der Waals surface area contributed by atoms with Crippen LogP contribution in [0.5, 0.6) is 17.5 Å². The topological polar surface area (TPSA) is 108 Å². The van der Waals surface area contributed by atoms with E-state index in [0.29, 0.717) is 6.42 Å². The number of aliphatic hydroxyl groups excluding tert-OH is 1. The van der Waals surface area contributed by atoms with Gasteiger partial charge < -0.3 is 24.5 Å². The van der Waals surface area contributed by atoms with E-state index >= 15 is 0 Å². The first-order valence-electron chi connectivity index (χ1n) is 8.48. The molecular weight excluding hydrogens is 397 g/mol. The van der Waals surface area contributed by atoms with Gasteiger partial charge in [0.1, 0.15) is 18.0 Å². The highest BCUT2D eigenvalue weighted by Gasteiger charge is 2.33. The number of aromatic amines is 1. The van der Waals surface area contributed by atoms with Crippen LogP contribution in [0, 0.1) is 0 Å². The molecule has 1 aromatic carbocycles. The summed E-state index contributed by atoms with van der Waals surface area (Å²) in [7, 11) is 1.44. The molecule has 9 nitrogen and oxygen atoms in total. The Morgan fingerprint density at radius 1 is 1.28 bits per heavy atom. The summed E-state index contributed by atoms with van der Waals surface area (Å²) in [6.07, 6.45) is -4.56. The van der Waals surface area contributed by atoms with Crippen molar-refractivity contribution in [2.45, 2.75) is 12.8 Å². The number of hydrogen-bond acceptors (Lipinski definition) is 6. The van der Waals surface area contributed by atoms with Gasteiger partial charge in [-0.2, -0.15) is 4.98 Å². The van der Waals surface area contributed by atoms with Crippen LogP contribution in [0.1, 0.15) is 16.9 Å². The number of nitrogens with one attached hydrogen (secondary N) is 1. The molecule has 0 spiro atoms. The zero-order valence-electron chi connectivity index (χ0n) is 15.2. The molecule has 1 aliphatic rings. The van der Waals surface area contributed by atoms with Crippen LogP contribution < -0.4 is 14.4 Å². The lowest BCUT2D eigenvalue weighted by Gasteiger charge is -2.19. The molecule has 1 aliphatic heterocycles. The smallest absolute Gasteiger partial charge is 0.425 e. The predicted octanol–water partition coefficient (Wildman–Crippen LogP) is 1.90. The number of hydrogen-bond donors (Lipinski definition) is 2. The maximum Gasteiger partial charge on any atom is 0.573 e. The fourth-order valence-corrected chi connectivity index (χ4v) is 2.69.